The number of carbonyl (C=O) groups is 2. The Morgan fingerprint density at radius 3 is 2.44 bits per heavy atom. The normalized spacial score (nSPS) is 10.2. The molecule has 2 aromatic carbocycles. The van der Waals surface area contributed by atoms with E-state index in [0.717, 1.165) is 5.69 Å². The third-order valence-corrected chi connectivity index (χ3v) is 3.83. The van der Waals surface area contributed by atoms with Crippen molar-refractivity contribution in [1.82, 2.24) is 0 Å². The quantitative estimate of drug-likeness (QED) is 0.688. The van der Waals surface area contributed by atoms with Crippen LogP contribution in [0.4, 0.5) is 11.4 Å². The van der Waals surface area contributed by atoms with Crippen LogP contribution >= 0.6 is 23.2 Å². The highest BCUT2D eigenvalue weighted by Gasteiger charge is 2.07. The lowest BCUT2D eigenvalue weighted by atomic mass is 10.2. The van der Waals surface area contributed by atoms with Crippen molar-refractivity contribution in [3.05, 3.63) is 58.1 Å². The van der Waals surface area contributed by atoms with Gasteiger partial charge in [-0.25, -0.2) is 4.79 Å². The predicted molar refractivity (Wildman–Crippen MR) is 101 cm³/mol. The molecule has 0 aliphatic rings. The number of benzene rings is 2. The lowest BCUT2D eigenvalue weighted by molar-refractivity contribution is -0.115. The Kier molecular flexibility index (Phi) is 7.10. The van der Waals surface area contributed by atoms with Crippen LogP contribution in [0, 0.1) is 0 Å². The summed E-state index contributed by atoms with van der Waals surface area (Å²) >= 11 is 11.9. The lowest BCUT2D eigenvalue weighted by Gasteiger charge is -2.09. The summed E-state index contributed by atoms with van der Waals surface area (Å²) in [5.41, 5.74) is 1.78. The van der Waals surface area contributed by atoms with Crippen LogP contribution in [0.5, 0.6) is 0 Å². The van der Waals surface area contributed by atoms with Gasteiger partial charge in [0.2, 0.25) is 5.91 Å². The first-order valence-corrected chi connectivity index (χ1v) is 8.51. The smallest absolute Gasteiger partial charge is 0.338 e. The SMILES string of the molecule is CCOC(=O)c1ccc(NC(=O)CCNc2ccc(Cl)cc2Cl)cc1. The van der Waals surface area contributed by atoms with E-state index in [1.165, 1.54) is 0 Å². The van der Waals surface area contributed by atoms with Crippen molar-refractivity contribution in [2.24, 2.45) is 0 Å². The molecule has 132 valence electrons. The van der Waals surface area contributed by atoms with Gasteiger partial charge in [-0.1, -0.05) is 23.2 Å². The van der Waals surface area contributed by atoms with Crippen LogP contribution in [0.15, 0.2) is 42.5 Å². The van der Waals surface area contributed by atoms with E-state index in [4.69, 9.17) is 27.9 Å². The number of esters is 1. The van der Waals surface area contributed by atoms with Gasteiger partial charge in [0.15, 0.2) is 0 Å². The Hall–Kier alpha value is -2.24. The van der Waals surface area contributed by atoms with Crippen LogP contribution in [0.2, 0.25) is 10.0 Å². The average molecular weight is 381 g/mol. The number of amides is 1. The van der Waals surface area contributed by atoms with E-state index < -0.39 is 0 Å². The topological polar surface area (TPSA) is 67.4 Å². The van der Waals surface area contributed by atoms with Crippen molar-refractivity contribution in [3.63, 3.8) is 0 Å². The van der Waals surface area contributed by atoms with Gasteiger partial charge in [0.25, 0.3) is 0 Å². The number of hydrogen-bond acceptors (Lipinski definition) is 4. The zero-order chi connectivity index (χ0) is 18.2. The van der Waals surface area contributed by atoms with E-state index in [9.17, 15) is 9.59 Å². The zero-order valence-corrected chi connectivity index (χ0v) is 15.2. The molecule has 5 nitrogen and oxygen atoms in total. The Bertz CT molecular complexity index is 748. The fourth-order valence-electron chi connectivity index (χ4n) is 2.07. The molecule has 0 unspecified atom stereocenters. The molecule has 25 heavy (non-hydrogen) atoms. The number of nitrogens with one attached hydrogen (secondary N) is 2. The molecule has 7 heteroatoms. The minimum atomic E-state index is -0.385. The van der Waals surface area contributed by atoms with Gasteiger partial charge in [-0.15, -0.1) is 0 Å². The molecule has 0 aliphatic heterocycles. The van der Waals surface area contributed by atoms with Gasteiger partial charge in [-0.3, -0.25) is 4.79 Å². The number of ether oxygens (including phenoxy) is 1. The average Bonchev–Trinajstić information content (AvgIpc) is 2.57. The van der Waals surface area contributed by atoms with Crippen LogP contribution in [0.1, 0.15) is 23.7 Å². The largest absolute Gasteiger partial charge is 0.462 e. The van der Waals surface area contributed by atoms with E-state index in [1.54, 1.807) is 49.4 Å². The van der Waals surface area contributed by atoms with E-state index in [2.05, 4.69) is 10.6 Å². The van der Waals surface area contributed by atoms with Crippen molar-refractivity contribution >= 4 is 46.5 Å². The van der Waals surface area contributed by atoms with E-state index in [-0.39, 0.29) is 18.3 Å². The van der Waals surface area contributed by atoms with Gasteiger partial charge in [-0.05, 0) is 49.4 Å². The van der Waals surface area contributed by atoms with Crippen molar-refractivity contribution in [2.45, 2.75) is 13.3 Å². The molecule has 0 spiro atoms. The number of carbonyl (C=O) groups excluding carboxylic acids is 2. The first kappa shape index (κ1) is 19.1. The molecule has 0 aliphatic carbocycles. The zero-order valence-electron chi connectivity index (χ0n) is 13.6. The highest BCUT2D eigenvalue weighted by atomic mass is 35.5. The number of anilines is 2. The fourth-order valence-corrected chi connectivity index (χ4v) is 2.55. The van der Waals surface area contributed by atoms with Gasteiger partial charge in [0.1, 0.15) is 0 Å². The van der Waals surface area contributed by atoms with Crippen molar-refractivity contribution < 1.29 is 14.3 Å². The molecule has 0 bridgehead atoms. The minimum Gasteiger partial charge on any atom is -0.462 e. The Morgan fingerprint density at radius 1 is 1.08 bits per heavy atom. The highest BCUT2D eigenvalue weighted by Crippen LogP contribution is 2.25. The minimum absolute atomic E-state index is 0.151. The van der Waals surface area contributed by atoms with Gasteiger partial charge in [0, 0.05) is 23.7 Å². The third kappa shape index (κ3) is 5.96. The summed E-state index contributed by atoms with van der Waals surface area (Å²) in [4.78, 5) is 23.5. The van der Waals surface area contributed by atoms with Crippen LogP contribution in [0.25, 0.3) is 0 Å². The van der Waals surface area contributed by atoms with Gasteiger partial charge >= 0.3 is 5.97 Å². The van der Waals surface area contributed by atoms with Crippen molar-refractivity contribution in [1.29, 1.82) is 0 Å². The second-order valence-electron chi connectivity index (χ2n) is 5.15. The monoisotopic (exact) mass is 380 g/mol. The van der Waals surface area contributed by atoms with Gasteiger partial charge in [0.05, 0.1) is 22.9 Å². The molecule has 0 radical (unpaired) electrons. The molecule has 0 saturated heterocycles. The Balaban J connectivity index is 1.81. The van der Waals surface area contributed by atoms with Crippen LogP contribution in [0.3, 0.4) is 0 Å². The van der Waals surface area contributed by atoms with Crippen LogP contribution in [-0.2, 0) is 9.53 Å². The summed E-state index contributed by atoms with van der Waals surface area (Å²) in [7, 11) is 0. The molecule has 2 N–H and O–H groups in total. The fraction of sp³-hybridized carbons (Fsp3) is 0.222. The van der Waals surface area contributed by atoms with Crippen LogP contribution in [-0.4, -0.2) is 25.0 Å². The molecule has 0 atom stereocenters. The first-order chi connectivity index (χ1) is 12.0. The van der Waals surface area contributed by atoms with Crippen LogP contribution < -0.4 is 10.6 Å². The molecule has 0 aromatic heterocycles. The summed E-state index contributed by atoms with van der Waals surface area (Å²) in [5.74, 6) is -0.536. The maximum Gasteiger partial charge on any atom is 0.338 e. The molecular weight excluding hydrogens is 363 g/mol. The van der Waals surface area contributed by atoms with Crippen molar-refractivity contribution in [2.75, 3.05) is 23.8 Å². The Morgan fingerprint density at radius 2 is 1.80 bits per heavy atom. The third-order valence-electron chi connectivity index (χ3n) is 3.28. The summed E-state index contributed by atoms with van der Waals surface area (Å²) in [6, 6.07) is 11.7. The van der Waals surface area contributed by atoms with E-state index in [1.807, 2.05) is 0 Å². The van der Waals surface area contributed by atoms with E-state index in [0.29, 0.717) is 34.4 Å². The molecule has 0 fully saturated rings. The number of hydrogen-bond donors (Lipinski definition) is 2. The maximum absolute atomic E-state index is 12.0. The van der Waals surface area contributed by atoms with Gasteiger partial charge in [-0.2, -0.15) is 0 Å². The van der Waals surface area contributed by atoms with Crippen molar-refractivity contribution in [3.8, 4) is 0 Å². The summed E-state index contributed by atoms with van der Waals surface area (Å²) in [5, 5.41) is 6.90. The number of rotatable bonds is 7. The predicted octanol–water partition coefficient (Wildman–Crippen LogP) is 4.61. The summed E-state index contributed by atoms with van der Waals surface area (Å²) < 4.78 is 4.91. The first-order valence-electron chi connectivity index (χ1n) is 7.75. The summed E-state index contributed by atoms with van der Waals surface area (Å²) in [6.45, 7) is 2.49. The molecular formula is C18H18Cl2N2O3. The Labute approximate surface area is 156 Å². The summed E-state index contributed by atoms with van der Waals surface area (Å²) in [6.07, 6.45) is 0.262. The maximum atomic E-state index is 12.0. The molecule has 2 aromatic rings. The second kappa shape index (κ2) is 9.30. The highest BCUT2D eigenvalue weighted by molar-refractivity contribution is 6.36. The molecule has 0 heterocycles. The van der Waals surface area contributed by atoms with Gasteiger partial charge < -0.3 is 15.4 Å². The second-order valence-corrected chi connectivity index (χ2v) is 5.99. The molecule has 1 amide bonds. The lowest BCUT2D eigenvalue weighted by Crippen LogP contribution is -2.16. The molecule has 2 rings (SSSR count). The molecule has 0 saturated carbocycles. The number of halogens is 2. The standard InChI is InChI=1S/C18H18Cl2N2O3/c1-2-25-18(24)12-3-6-14(7-4-12)22-17(23)9-10-21-16-8-5-13(19)11-15(16)20/h3-8,11,21H,2,9-10H2,1H3,(H,22,23). The van der Waals surface area contributed by atoms with E-state index >= 15 is 0 Å².